The van der Waals surface area contributed by atoms with Crippen molar-refractivity contribution in [2.45, 2.75) is 75.4 Å². The number of fused-ring (bicyclic) bond motifs is 3. The maximum absolute atomic E-state index is 13.2. The molecular formula is C19H24N4O3S2. The summed E-state index contributed by atoms with van der Waals surface area (Å²) >= 11 is 2.83. The lowest BCUT2D eigenvalue weighted by Gasteiger charge is -2.15. The van der Waals surface area contributed by atoms with Crippen molar-refractivity contribution in [3.8, 4) is 0 Å². The van der Waals surface area contributed by atoms with Crippen LogP contribution in [0.4, 0.5) is 4.79 Å². The average Bonchev–Trinajstić information content (AvgIpc) is 3.21. The maximum atomic E-state index is 13.2. The van der Waals surface area contributed by atoms with E-state index < -0.39 is 11.3 Å². The minimum Gasteiger partial charge on any atom is -0.335 e. The molecule has 0 aromatic carbocycles. The summed E-state index contributed by atoms with van der Waals surface area (Å²) in [6.07, 6.45) is 5.78. The van der Waals surface area contributed by atoms with E-state index in [1.807, 2.05) is 6.92 Å². The number of urea groups is 1. The van der Waals surface area contributed by atoms with Gasteiger partial charge in [0.05, 0.1) is 10.6 Å². The van der Waals surface area contributed by atoms with Crippen molar-refractivity contribution in [1.82, 2.24) is 20.2 Å². The van der Waals surface area contributed by atoms with Crippen LogP contribution in [0.1, 0.15) is 50.0 Å². The summed E-state index contributed by atoms with van der Waals surface area (Å²) in [4.78, 5) is 44.2. The van der Waals surface area contributed by atoms with Crippen molar-refractivity contribution in [1.29, 1.82) is 0 Å². The second kappa shape index (κ2) is 7.87. The van der Waals surface area contributed by atoms with Gasteiger partial charge in [-0.3, -0.25) is 19.5 Å². The molecule has 1 atom stereocenters. The molecule has 0 aliphatic heterocycles. The predicted molar refractivity (Wildman–Crippen MR) is 111 cm³/mol. The van der Waals surface area contributed by atoms with E-state index in [2.05, 4.69) is 10.6 Å². The molecule has 2 heterocycles. The van der Waals surface area contributed by atoms with Crippen molar-refractivity contribution in [2.24, 2.45) is 0 Å². The third kappa shape index (κ3) is 3.82. The highest BCUT2D eigenvalue weighted by Crippen LogP contribution is 2.36. The predicted octanol–water partition coefficient (Wildman–Crippen LogP) is 2.83. The normalized spacial score (nSPS) is 16.8. The van der Waals surface area contributed by atoms with Gasteiger partial charge in [-0.1, -0.05) is 18.7 Å². The molecule has 2 N–H and O–H groups in total. The van der Waals surface area contributed by atoms with Gasteiger partial charge < -0.3 is 5.32 Å². The molecular weight excluding hydrogens is 396 g/mol. The van der Waals surface area contributed by atoms with Gasteiger partial charge in [-0.2, -0.15) is 0 Å². The van der Waals surface area contributed by atoms with Gasteiger partial charge in [-0.25, -0.2) is 9.78 Å². The number of thiophene rings is 1. The SMILES string of the molecule is CCCn1c(SC(C)C(=O)NC(=O)NC2CC2)nc2sc3c(c2c1=O)CCC3. The van der Waals surface area contributed by atoms with Crippen LogP contribution in [0.15, 0.2) is 9.95 Å². The van der Waals surface area contributed by atoms with Crippen LogP contribution in [0.3, 0.4) is 0 Å². The van der Waals surface area contributed by atoms with Crippen LogP contribution in [0.2, 0.25) is 0 Å². The molecule has 28 heavy (non-hydrogen) atoms. The zero-order valence-electron chi connectivity index (χ0n) is 16.0. The number of carbonyl (C=O) groups is 2. The Morgan fingerprint density at radius 1 is 1.36 bits per heavy atom. The Bertz CT molecular complexity index is 993. The van der Waals surface area contributed by atoms with Crippen LogP contribution in [0.5, 0.6) is 0 Å². The minimum absolute atomic E-state index is 0.00663. The quantitative estimate of drug-likeness (QED) is 0.554. The monoisotopic (exact) mass is 420 g/mol. The molecule has 150 valence electrons. The van der Waals surface area contributed by atoms with Crippen molar-refractivity contribution in [2.75, 3.05) is 0 Å². The number of carbonyl (C=O) groups excluding carboxylic acids is 2. The van der Waals surface area contributed by atoms with Crippen LogP contribution in [0, 0.1) is 0 Å². The second-order valence-electron chi connectivity index (χ2n) is 7.39. The lowest BCUT2D eigenvalue weighted by molar-refractivity contribution is -0.119. The third-order valence-electron chi connectivity index (χ3n) is 5.04. The molecule has 9 heteroatoms. The van der Waals surface area contributed by atoms with Gasteiger partial charge in [0, 0.05) is 17.5 Å². The van der Waals surface area contributed by atoms with E-state index in [-0.39, 0.29) is 17.5 Å². The first kappa shape index (κ1) is 19.4. The minimum atomic E-state index is -0.538. The fraction of sp³-hybridized carbons (Fsp3) is 0.579. The van der Waals surface area contributed by atoms with Gasteiger partial charge in [0.2, 0.25) is 5.91 Å². The second-order valence-corrected chi connectivity index (χ2v) is 9.78. The summed E-state index contributed by atoms with van der Waals surface area (Å²) in [7, 11) is 0. The average molecular weight is 421 g/mol. The lowest BCUT2D eigenvalue weighted by Crippen LogP contribution is -2.43. The third-order valence-corrected chi connectivity index (χ3v) is 7.31. The summed E-state index contributed by atoms with van der Waals surface area (Å²) in [5, 5.41) is 5.89. The Balaban J connectivity index is 1.58. The lowest BCUT2D eigenvalue weighted by atomic mass is 10.2. The fourth-order valence-corrected chi connectivity index (χ4v) is 5.68. The molecule has 0 bridgehead atoms. The van der Waals surface area contributed by atoms with Gasteiger partial charge in [-0.05, 0) is 51.0 Å². The number of thioether (sulfide) groups is 1. The summed E-state index contributed by atoms with van der Waals surface area (Å²) in [5.41, 5.74) is 1.16. The van der Waals surface area contributed by atoms with Crippen molar-refractivity contribution < 1.29 is 9.59 Å². The van der Waals surface area contributed by atoms with Gasteiger partial charge in [0.1, 0.15) is 4.83 Å². The largest absolute Gasteiger partial charge is 0.335 e. The molecule has 3 amide bonds. The number of aryl methyl sites for hydroxylation is 2. The number of hydrogen-bond acceptors (Lipinski definition) is 6. The topological polar surface area (TPSA) is 93.1 Å². The molecule has 1 fully saturated rings. The molecule has 4 rings (SSSR count). The van der Waals surface area contributed by atoms with Gasteiger partial charge >= 0.3 is 6.03 Å². The summed E-state index contributed by atoms with van der Waals surface area (Å²) in [5.74, 6) is -0.380. The Morgan fingerprint density at radius 2 is 2.14 bits per heavy atom. The van der Waals surface area contributed by atoms with E-state index in [0.717, 1.165) is 48.7 Å². The molecule has 1 unspecified atom stereocenters. The van der Waals surface area contributed by atoms with Crippen molar-refractivity contribution >= 4 is 45.3 Å². The molecule has 2 aliphatic rings. The molecule has 2 aromatic heterocycles. The highest BCUT2D eigenvalue weighted by atomic mass is 32.2. The van der Waals surface area contributed by atoms with E-state index >= 15 is 0 Å². The first-order valence-electron chi connectivity index (χ1n) is 9.81. The zero-order valence-corrected chi connectivity index (χ0v) is 17.7. The fourth-order valence-electron chi connectivity index (χ4n) is 3.44. The number of hydrogen-bond donors (Lipinski definition) is 2. The Kier molecular flexibility index (Phi) is 5.46. The van der Waals surface area contributed by atoms with Crippen LogP contribution in [-0.2, 0) is 24.2 Å². The first-order chi connectivity index (χ1) is 13.5. The number of amides is 3. The standard InChI is InChI=1S/C19H24N4O3S2/c1-3-9-23-17(25)14-12-5-4-6-13(12)28-16(14)22-19(23)27-10(2)15(24)21-18(26)20-11-7-8-11/h10-11H,3-9H2,1-2H3,(H2,20,21,24,26). The summed E-state index contributed by atoms with van der Waals surface area (Å²) < 4.78 is 1.69. The summed E-state index contributed by atoms with van der Waals surface area (Å²) in [6, 6.07) is -0.265. The molecule has 2 aromatic rings. The zero-order chi connectivity index (χ0) is 19.8. The number of nitrogens with one attached hydrogen (secondary N) is 2. The van der Waals surface area contributed by atoms with Crippen molar-refractivity contribution in [3.05, 3.63) is 20.8 Å². The van der Waals surface area contributed by atoms with E-state index in [9.17, 15) is 14.4 Å². The Hall–Kier alpha value is -1.87. The molecule has 2 aliphatic carbocycles. The number of aromatic nitrogens is 2. The molecule has 7 nitrogen and oxygen atoms in total. The Labute approximate surface area is 171 Å². The van der Waals surface area contributed by atoms with E-state index in [1.54, 1.807) is 22.8 Å². The number of imide groups is 1. The van der Waals surface area contributed by atoms with Crippen LogP contribution in [0.25, 0.3) is 10.2 Å². The van der Waals surface area contributed by atoms with Gasteiger partial charge in [0.15, 0.2) is 5.16 Å². The molecule has 0 saturated heterocycles. The first-order valence-corrected chi connectivity index (χ1v) is 11.5. The van der Waals surface area contributed by atoms with E-state index in [1.165, 1.54) is 22.2 Å². The molecule has 0 spiro atoms. The highest BCUT2D eigenvalue weighted by molar-refractivity contribution is 8.00. The van der Waals surface area contributed by atoms with Crippen molar-refractivity contribution in [3.63, 3.8) is 0 Å². The number of rotatable bonds is 6. The van der Waals surface area contributed by atoms with Crippen LogP contribution < -0.4 is 16.2 Å². The van der Waals surface area contributed by atoms with Crippen LogP contribution >= 0.6 is 23.1 Å². The van der Waals surface area contributed by atoms with Gasteiger partial charge in [-0.15, -0.1) is 11.3 Å². The smallest absolute Gasteiger partial charge is 0.321 e. The molecule has 1 saturated carbocycles. The Morgan fingerprint density at radius 3 is 2.86 bits per heavy atom. The van der Waals surface area contributed by atoms with Crippen LogP contribution in [-0.4, -0.2) is 32.8 Å². The highest BCUT2D eigenvalue weighted by Gasteiger charge is 2.27. The number of nitrogens with zero attached hydrogens (tertiary/aromatic N) is 2. The van der Waals surface area contributed by atoms with E-state index in [4.69, 9.17) is 4.98 Å². The maximum Gasteiger partial charge on any atom is 0.321 e. The van der Waals surface area contributed by atoms with E-state index in [0.29, 0.717) is 11.7 Å². The molecule has 0 radical (unpaired) electrons. The summed E-state index contributed by atoms with van der Waals surface area (Å²) in [6.45, 7) is 4.30. The van der Waals surface area contributed by atoms with Gasteiger partial charge in [0.25, 0.3) is 5.56 Å².